The van der Waals surface area contributed by atoms with Crippen molar-refractivity contribution in [3.05, 3.63) is 59.2 Å². The number of hydrogen-bond donors (Lipinski definition) is 3. The molecular weight excluding hydrogens is 376 g/mol. The molecule has 8 heteroatoms. The van der Waals surface area contributed by atoms with Crippen molar-refractivity contribution in [3.63, 3.8) is 0 Å². The number of aromatic hydroxyl groups is 1. The molecule has 2 aromatic rings. The lowest BCUT2D eigenvalue weighted by molar-refractivity contribution is -0.138. The lowest BCUT2D eigenvalue weighted by atomic mass is 9.92. The average Bonchev–Trinajstić information content (AvgIpc) is 2.73. The fourth-order valence-electron chi connectivity index (χ4n) is 3.12. The first kappa shape index (κ1) is 20.1. The summed E-state index contributed by atoms with van der Waals surface area (Å²) in [4.78, 5) is 25.2. The molecule has 2 aromatic carbocycles. The topological polar surface area (TPSA) is 106 Å². The Balaban J connectivity index is 2.15. The summed E-state index contributed by atoms with van der Waals surface area (Å²) in [6.07, 6.45) is 0. The number of phenols is 1. The standard InChI is InChI=1S/C21H22N2O6/c1-4-29-20(25)17-18(12-5-8-14(27-2)9-6-12)22-21(26)23-19(17)13-7-10-16(28-3)15(24)11-13/h5-11,19,24H,4H2,1-3H3,(H2,22,23,26). The molecule has 3 N–H and O–H groups in total. The molecule has 0 bridgehead atoms. The van der Waals surface area contributed by atoms with Crippen LogP contribution in [-0.4, -0.2) is 37.9 Å². The molecule has 29 heavy (non-hydrogen) atoms. The van der Waals surface area contributed by atoms with E-state index in [9.17, 15) is 14.7 Å². The summed E-state index contributed by atoms with van der Waals surface area (Å²) in [5, 5.41) is 15.6. The molecule has 152 valence electrons. The van der Waals surface area contributed by atoms with E-state index in [2.05, 4.69) is 10.6 Å². The van der Waals surface area contributed by atoms with Crippen molar-refractivity contribution in [2.75, 3.05) is 20.8 Å². The minimum atomic E-state index is -0.822. The Kier molecular flexibility index (Phi) is 5.92. The molecule has 0 radical (unpaired) electrons. The molecule has 1 atom stereocenters. The third kappa shape index (κ3) is 4.11. The Labute approximate surface area is 168 Å². The Morgan fingerprint density at radius 2 is 1.83 bits per heavy atom. The van der Waals surface area contributed by atoms with Gasteiger partial charge >= 0.3 is 12.0 Å². The summed E-state index contributed by atoms with van der Waals surface area (Å²) in [6, 6.07) is 10.3. The number of carbonyl (C=O) groups is 2. The van der Waals surface area contributed by atoms with Gasteiger partial charge in [-0.3, -0.25) is 0 Å². The number of hydrogen-bond acceptors (Lipinski definition) is 6. The number of methoxy groups -OCH3 is 2. The van der Waals surface area contributed by atoms with E-state index < -0.39 is 18.0 Å². The minimum Gasteiger partial charge on any atom is -0.504 e. The summed E-state index contributed by atoms with van der Waals surface area (Å²) < 4.78 is 15.5. The van der Waals surface area contributed by atoms with Crippen LogP contribution in [-0.2, 0) is 9.53 Å². The molecule has 0 fully saturated rings. The van der Waals surface area contributed by atoms with Crippen molar-refractivity contribution >= 4 is 17.7 Å². The number of ether oxygens (including phenoxy) is 3. The number of esters is 1. The molecule has 8 nitrogen and oxygen atoms in total. The number of urea groups is 1. The Morgan fingerprint density at radius 1 is 1.10 bits per heavy atom. The summed E-state index contributed by atoms with van der Waals surface area (Å²) in [5.41, 5.74) is 1.68. The third-order valence-corrected chi connectivity index (χ3v) is 4.48. The van der Waals surface area contributed by atoms with E-state index >= 15 is 0 Å². The second-order valence-corrected chi connectivity index (χ2v) is 6.20. The van der Waals surface area contributed by atoms with Crippen LogP contribution in [0, 0.1) is 0 Å². The van der Waals surface area contributed by atoms with E-state index in [1.165, 1.54) is 13.2 Å². The highest BCUT2D eigenvalue weighted by molar-refractivity contribution is 6.04. The van der Waals surface area contributed by atoms with Crippen molar-refractivity contribution in [3.8, 4) is 17.2 Å². The minimum absolute atomic E-state index is 0.105. The molecule has 1 unspecified atom stereocenters. The van der Waals surface area contributed by atoms with E-state index in [-0.39, 0.29) is 23.7 Å². The van der Waals surface area contributed by atoms with Gasteiger partial charge in [-0.1, -0.05) is 6.07 Å². The maximum absolute atomic E-state index is 12.8. The molecule has 1 aliphatic rings. The van der Waals surface area contributed by atoms with Gasteiger partial charge in [-0.15, -0.1) is 0 Å². The zero-order chi connectivity index (χ0) is 21.0. The number of amides is 2. The van der Waals surface area contributed by atoms with Crippen molar-refractivity contribution in [1.82, 2.24) is 10.6 Å². The summed E-state index contributed by atoms with van der Waals surface area (Å²) in [5.74, 6) is 0.244. The quantitative estimate of drug-likeness (QED) is 0.646. The number of benzene rings is 2. The van der Waals surface area contributed by atoms with Gasteiger partial charge in [0.2, 0.25) is 0 Å². The molecule has 2 amide bonds. The van der Waals surface area contributed by atoms with Crippen LogP contribution in [0.2, 0.25) is 0 Å². The van der Waals surface area contributed by atoms with E-state index in [0.29, 0.717) is 22.6 Å². The number of phenolic OH excluding ortho intramolecular Hbond substituents is 1. The molecule has 1 heterocycles. The van der Waals surface area contributed by atoms with Gasteiger partial charge in [-0.2, -0.15) is 0 Å². The predicted molar refractivity (Wildman–Crippen MR) is 106 cm³/mol. The van der Waals surface area contributed by atoms with Crippen molar-refractivity contribution in [2.24, 2.45) is 0 Å². The monoisotopic (exact) mass is 398 g/mol. The maximum Gasteiger partial charge on any atom is 0.338 e. The third-order valence-electron chi connectivity index (χ3n) is 4.48. The van der Waals surface area contributed by atoms with Crippen LogP contribution in [0.5, 0.6) is 17.2 Å². The van der Waals surface area contributed by atoms with Gasteiger partial charge in [-0.25, -0.2) is 9.59 Å². The van der Waals surface area contributed by atoms with Crippen LogP contribution in [0.4, 0.5) is 4.79 Å². The Bertz CT molecular complexity index is 952. The smallest absolute Gasteiger partial charge is 0.338 e. The first-order valence-electron chi connectivity index (χ1n) is 8.98. The van der Waals surface area contributed by atoms with Gasteiger partial charge in [0.05, 0.1) is 38.1 Å². The lowest BCUT2D eigenvalue weighted by Crippen LogP contribution is -2.45. The fraction of sp³-hybridized carbons (Fsp3) is 0.238. The molecule has 1 aliphatic heterocycles. The van der Waals surface area contributed by atoms with Crippen molar-refractivity contribution in [1.29, 1.82) is 0 Å². The van der Waals surface area contributed by atoms with Crippen LogP contribution in [0.3, 0.4) is 0 Å². The number of carbonyl (C=O) groups excluding carboxylic acids is 2. The fourth-order valence-corrected chi connectivity index (χ4v) is 3.12. The van der Waals surface area contributed by atoms with Gasteiger partial charge in [0.15, 0.2) is 11.5 Å². The normalized spacial score (nSPS) is 16.0. The second kappa shape index (κ2) is 8.55. The highest BCUT2D eigenvalue weighted by atomic mass is 16.5. The average molecular weight is 398 g/mol. The van der Waals surface area contributed by atoms with Crippen LogP contribution in [0.25, 0.3) is 5.70 Å². The summed E-state index contributed by atoms with van der Waals surface area (Å²) >= 11 is 0. The highest BCUT2D eigenvalue weighted by Gasteiger charge is 2.34. The van der Waals surface area contributed by atoms with E-state index in [4.69, 9.17) is 14.2 Å². The molecule has 0 saturated carbocycles. The lowest BCUT2D eigenvalue weighted by Gasteiger charge is -2.29. The maximum atomic E-state index is 12.8. The Hall–Kier alpha value is -3.68. The zero-order valence-corrected chi connectivity index (χ0v) is 16.3. The first-order chi connectivity index (χ1) is 14.0. The first-order valence-corrected chi connectivity index (χ1v) is 8.98. The van der Waals surface area contributed by atoms with E-state index in [1.807, 2.05) is 0 Å². The predicted octanol–water partition coefficient (Wildman–Crippen LogP) is 2.74. The van der Waals surface area contributed by atoms with Gasteiger partial charge in [-0.05, 0) is 54.4 Å². The zero-order valence-electron chi connectivity index (χ0n) is 16.3. The van der Waals surface area contributed by atoms with Gasteiger partial charge in [0.25, 0.3) is 0 Å². The van der Waals surface area contributed by atoms with Crippen molar-refractivity contribution in [2.45, 2.75) is 13.0 Å². The molecule has 0 saturated heterocycles. The summed E-state index contributed by atoms with van der Waals surface area (Å²) in [7, 11) is 2.99. The molecular formula is C21H22N2O6. The van der Waals surface area contributed by atoms with Crippen LogP contribution < -0.4 is 20.1 Å². The Morgan fingerprint density at radius 3 is 2.41 bits per heavy atom. The number of rotatable bonds is 6. The second-order valence-electron chi connectivity index (χ2n) is 6.20. The number of nitrogens with one attached hydrogen (secondary N) is 2. The SMILES string of the molecule is CCOC(=O)C1=C(c2ccc(OC)cc2)NC(=O)NC1c1ccc(OC)c(O)c1. The largest absolute Gasteiger partial charge is 0.504 e. The van der Waals surface area contributed by atoms with E-state index in [0.717, 1.165) is 0 Å². The molecule has 0 aliphatic carbocycles. The summed E-state index contributed by atoms with van der Waals surface area (Å²) in [6.45, 7) is 1.88. The molecule has 0 spiro atoms. The van der Waals surface area contributed by atoms with Crippen molar-refractivity contribution < 1.29 is 28.9 Å². The molecule has 3 rings (SSSR count). The van der Waals surface area contributed by atoms with Crippen LogP contribution in [0.1, 0.15) is 24.1 Å². The van der Waals surface area contributed by atoms with Gasteiger partial charge < -0.3 is 30.0 Å². The van der Waals surface area contributed by atoms with Gasteiger partial charge in [0.1, 0.15) is 5.75 Å². The van der Waals surface area contributed by atoms with Gasteiger partial charge in [0, 0.05) is 0 Å². The molecule has 0 aromatic heterocycles. The van der Waals surface area contributed by atoms with E-state index in [1.54, 1.807) is 50.4 Å². The van der Waals surface area contributed by atoms with Crippen LogP contribution >= 0.6 is 0 Å². The highest BCUT2D eigenvalue weighted by Crippen LogP contribution is 2.36. The van der Waals surface area contributed by atoms with Crippen LogP contribution in [0.15, 0.2) is 48.0 Å².